The maximum atomic E-state index is 10.5. The molecule has 0 aromatic rings. The second kappa shape index (κ2) is 10.5. The molecule has 1 N–H and O–H groups in total. The molecule has 0 unspecified atom stereocenters. The highest BCUT2D eigenvalue weighted by molar-refractivity contribution is 9.10. The smallest absolute Gasteiger partial charge is 0.317 e. The van der Waals surface area contributed by atoms with Crippen molar-refractivity contribution in [1.82, 2.24) is 0 Å². The second-order valence-corrected chi connectivity index (χ2v) is 5.17. The lowest BCUT2D eigenvalue weighted by Crippen LogP contribution is -2.11. The molecule has 0 spiro atoms. The molecule has 90 valence electrons. The van der Waals surface area contributed by atoms with Gasteiger partial charge in [0, 0.05) is 0 Å². The van der Waals surface area contributed by atoms with E-state index < -0.39 is 5.97 Å². The van der Waals surface area contributed by atoms with Crippen LogP contribution in [-0.2, 0) is 4.79 Å². The summed E-state index contributed by atoms with van der Waals surface area (Å²) in [6.45, 7) is 2.22. The van der Waals surface area contributed by atoms with Crippen LogP contribution in [0.3, 0.4) is 0 Å². The Hall–Kier alpha value is -0.0500. The predicted octanol–water partition coefficient (Wildman–Crippen LogP) is 4.37. The molecule has 2 nitrogen and oxygen atoms in total. The fraction of sp³-hybridized carbons (Fsp3) is 0.917. The minimum atomic E-state index is -0.738. The van der Waals surface area contributed by atoms with Crippen LogP contribution in [0.5, 0.6) is 0 Å². The Morgan fingerprint density at radius 3 is 2.00 bits per heavy atom. The molecule has 0 rings (SSSR count). The van der Waals surface area contributed by atoms with Crippen molar-refractivity contribution in [2.24, 2.45) is 0 Å². The molecular formula is C12H23BrO2. The van der Waals surface area contributed by atoms with E-state index in [1.165, 1.54) is 44.9 Å². The van der Waals surface area contributed by atoms with Gasteiger partial charge in [-0.2, -0.15) is 0 Å². The summed E-state index contributed by atoms with van der Waals surface area (Å²) in [5, 5.41) is 8.63. The molecule has 0 aliphatic rings. The number of carboxylic acid groups (broad SMARTS) is 1. The third-order valence-electron chi connectivity index (χ3n) is 2.58. The fourth-order valence-electron chi connectivity index (χ4n) is 1.58. The molecule has 1 atom stereocenters. The highest BCUT2D eigenvalue weighted by Crippen LogP contribution is 2.13. The van der Waals surface area contributed by atoms with E-state index in [2.05, 4.69) is 22.9 Å². The van der Waals surface area contributed by atoms with Crippen LogP contribution in [-0.4, -0.2) is 15.9 Å². The Morgan fingerprint density at radius 1 is 1.07 bits per heavy atom. The maximum Gasteiger partial charge on any atom is 0.317 e. The largest absolute Gasteiger partial charge is 0.480 e. The van der Waals surface area contributed by atoms with Crippen LogP contribution in [0.2, 0.25) is 0 Å². The quantitative estimate of drug-likeness (QED) is 0.476. The van der Waals surface area contributed by atoms with Crippen molar-refractivity contribution in [3.05, 3.63) is 0 Å². The van der Waals surface area contributed by atoms with Crippen LogP contribution in [0.25, 0.3) is 0 Å². The van der Waals surface area contributed by atoms with E-state index >= 15 is 0 Å². The summed E-state index contributed by atoms with van der Waals surface area (Å²) >= 11 is 3.15. The molecule has 0 bridgehead atoms. The fourth-order valence-corrected chi connectivity index (χ4v) is 1.90. The monoisotopic (exact) mass is 278 g/mol. The van der Waals surface area contributed by atoms with Crippen LogP contribution in [0.15, 0.2) is 0 Å². The maximum absolute atomic E-state index is 10.5. The first-order chi connectivity index (χ1) is 7.18. The molecular weight excluding hydrogens is 256 g/mol. The van der Waals surface area contributed by atoms with Crippen molar-refractivity contribution in [1.29, 1.82) is 0 Å². The summed E-state index contributed by atoms with van der Waals surface area (Å²) in [4.78, 5) is 10.1. The van der Waals surface area contributed by atoms with Crippen molar-refractivity contribution in [3.63, 3.8) is 0 Å². The van der Waals surface area contributed by atoms with E-state index in [0.717, 1.165) is 12.8 Å². The average Bonchev–Trinajstić information content (AvgIpc) is 2.21. The predicted molar refractivity (Wildman–Crippen MR) is 67.6 cm³/mol. The molecule has 15 heavy (non-hydrogen) atoms. The summed E-state index contributed by atoms with van der Waals surface area (Å²) in [5.74, 6) is -0.738. The molecule has 0 radical (unpaired) electrons. The Balaban J connectivity index is 3.08. The van der Waals surface area contributed by atoms with Crippen LogP contribution in [0, 0.1) is 0 Å². The Kier molecular flexibility index (Phi) is 10.4. The standard InChI is InChI=1S/C12H23BrO2/c1-2-3-4-5-6-7-8-9-10-11(13)12(14)15/h11H,2-10H2,1H3,(H,14,15)/t11-/m1/s1. The molecule has 0 aromatic carbocycles. The topological polar surface area (TPSA) is 37.3 Å². The Labute approximate surface area is 102 Å². The highest BCUT2D eigenvalue weighted by atomic mass is 79.9. The van der Waals surface area contributed by atoms with Crippen LogP contribution < -0.4 is 0 Å². The van der Waals surface area contributed by atoms with Gasteiger partial charge in [-0.25, -0.2) is 0 Å². The zero-order valence-corrected chi connectivity index (χ0v) is 11.3. The lowest BCUT2D eigenvalue weighted by Gasteiger charge is -2.04. The molecule has 0 saturated heterocycles. The van der Waals surface area contributed by atoms with Gasteiger partial charge < -0.3 is 5.11 Å². The number of carbonyl (C=O) groups is 1. The van der Waals surface area contributed by atoms with Crippen LogP contribution in [0.4, 0.5) is 0 Å². The normalized spacial score (nSPS) is 12.7. The summed E-state index contributed by atoms with van der Waals surface area (Å²) in [6.07, 6.45) is 10.8. The minimum absolute atomic E-state index is 0.349. The molecule has 0 aromatic heterocycles. The lowest BCUT2D eigenvalue weighted by atomic mass is 10.1. The number of unbranched alkanes of at least 4 members (excludes halogenated alkanes) is 7. The number of halogens is 1. The molecule has 0 fully saturated rings. The Morgan fingerprint density at radius 2 is 1.53 bits per heavy atom. The molecule has 0 aliphatic heterocycles. The summed E-state index contributed by atoms with van der Waals surface area (Å²) in [7, 11) is 0. The van der Waals surface area contributed by atoms with E-state index in [1.54, 1.807) is 0 Å². The zero-order valence-electron chi connectivity index (χ0n) is 9.67. The molecule has 3 heteroatoms. The van der Waals surface area contributed by atoms with E-state index in [9.17, 15) is 4.79 Å². The molecule has 0 amide bonds. The summed E-state index contributed by atoms with van der Waals surface area (Å²) in [6, 6.07) is 0. The average molecular weight is 279 g/mol. The van der Waals surface area contributed by atoms with Crippen molar-refractivity contribution < 1.29 is 9.90 Å². The minimum Gasteiger partial charge on any atom is -0.480 e. The van der Waals surface area contributed by atoms with Gasteiger partial charge in [-0.3, -0.25) is 4.79 Å². The highest BCUT2D eigenvalue weighted by Gasteiger charge is 2.11. The van der Waals surface area contributed by atoms with Gasteiger partial charge in [0.15, 0.2) is 0 Å². The number of carboxylic acids is 1. The van der Waals surface area contributed by atoms with Crippen molar-refractivity contribution >= 4 is 21.9 Å². The van der Waals surface area contributed by atoms with Crippen LogP contribution >= 0.6 is 15.9 Å². The number of rotatable bonds is 10. The number of aliphatic carboxylic acids is 1. The number of hydrogen-bond acceptors (Lipinski definition) is 1. The van der Waals surface area contributed by atoms with Gasteiger partial charge in [0.25, 0.3) is 0 Å². The van der Waals surface area contributed by atoms with E-state index in [0.29, 0.717) is 0 Å². The van der Waals surface area contributed by atoms with E-state index in [-0.39, 0.29) is 4.83 Å². The van der Waals surface area contributed by atoms with E-state index in [1.807, 2.05) is 0 Å². The molecule has 0 saturated carbocycles. The third kappa shape index (κ3) is 10.2. The van der Waals surface area contributed by atoms with Gasteiger partial charge in [0.1, 0.15) is 4.83 Å². The van der Waals surface area contributed by atoms with Gasteiger partial charge in [-0.05, 0) is 6.42 Å². The second-order valence-electron chi connectivity index (χ2n) is 4.07. The lowest BCUT2D eigenvalue weighted by molar-refractivity contribution is -0.136. The van der Waals surface area contributed by atoms with Crippen LogP contribution in [0.1, 0.15) is 64.7 Å². The van der Waals surface area contributed by atoms with Gasteiger partial charge in [-0.1, -0.05) is 74.2 Å². The first kappa shape index (κ1) is 14.9. The van der Waals surface area contributed by atoms with Crippen molar-refractivity contribution in [2.75, 3.05) is 0 Å². The van der Waals surface area contributed by atoms with Gasteiger partial charge in [0.05, 0.1) is 0 Å². The molecule has 0 heterocycles. The first-order valence-corrected chi connectivity index (χ1v) is 6.97. The summed E-state index contributed by atoms with van der Waals surface area (Å²) in [5.41, 5.74) is 0. The third-order valence-corrected chi connectivity index (χ3v) is 3.43. The van der Waals surface area contributed by atoms with Crippen molar-refractivity contribution in [3.8, 4) is 0 Å². The number of hydrogen-bond donors (Lipinski definition) is 1. The van der Waals surface area contributed by atoms with Crippen molar-refractivity contribution in [2.45, 2.75) is 69.5 Å². The van der Waals surface area contributed by atoms with E-state index in [4.69, 9.17) is 5.11 Å². The Bertz CT molecular complexity index is 160. The number of alkyl halides is 1. The van der Waals surface area contributed by atoms with Gasteiger partial charge in [0.2, 0.25) is 0 Å². The first-order valence-electron chi connectivity index (χ1n) is 6.05. The van der Waals surface area contributed by atoms with Gasteiger partial charge in [-0.15, -0.1) is 0 Å². The SMILES string of the molecule is CCCCCCCCCC[C@@H](Br)C(=O)O. The zero-order chi connectivity index (χ0) is 11.5. The summed E-state index contributed by atoms with van der Waals surface area (Å²) < 4.78 is 0. The molecule has 0 aliphatic carbocycles. The van der Waals surface area contributed by atoms with Gasteiger partial charge >= 0.3 is 5.97 Å².